The zero-order valence-corrected chi connectivity index (χ0v) is 14.9. The summed E-state index contributed by atoms with van der Waals surface area (Å²) in [6, 6.07) is 14.5. The van der Waals surface area contributed by atoms with Crippen molar-refractivity contribution in [1.82, 2.24) is 4.98 Å². The SMILES string of the molecule is CCC(O)(CCc1ccc(Oc2nc3ccccc3s2)cc1)C(F)(F)F. The molecule has 1 unspecified atom stereocenters. The van der Waals surface area contributed by atoms with E-state index in [0.29, 0.717) is 16.5 Å². The Labute approximate surface area is 153 Å². The Morgan fingerprint density at radius 1 is 1.08 bits per heavy atom. The summed E-state index contributed by atoms with van der Waals surface area (Å²) in [6.07, 6.45) is -5.23. The van der Waals surface area contributed by atoms with Crippen LogP contribution in [0.3, 0.4) is 0 Å². The van der Waals surface area contributed by atoms with E-state index < -0.39 is 11.8 Å². The number of para-hydroxylation sites is 1. The summed E-state index contributed by atoms with van der Waals surface area (Å²) in [5, 5.41) is 10.3. The zero-order valence-electron chi connectivity index (χ0n) is 14.1. The van der Waals surface area contributed by atoms with Gasteiger partial charge >= 0.3 is 6.18 Å². The van der Waals surface area contributed by atoms with Gasteiger partial charge in [0.05, 0.1) is 10.2 Å². The van der Waals surface area contributed by atoms with Crippen LogP contribution < -0.4 is 4.74 Å². The Morgan fingerprint density at radius 2 is 1.77 bits per heavy atom. The van der Waals surface area contributed by atoms with E-state index in [2.05, 4.69) is 4.98 Å². The average molecular weight is 381 g/mol. The summed E-state index contributed by atoms with van der Waals surface area (Å²) >= 11 is 1.42. The molecule has 0 aliphatic rings. The minimum atomic E-state index is -4.63. The summed E-state index contributed by atoms with van der Waals surface area (Å²) < 4.78 is 45.5. The van der Waals surface area contributed by atoms with E-state index in [9.17, 15) is 18.3 Å². The van der Waals surface area contributed by atoms with Gasteiger partial charge in [0.2, 0.25) is 0 Å². The lowest BCUT2D eigenvalue weighted by Gasteiger charge is -2.29. The summed E-state index contributed by atoms with van der Waals surface area (Å²) in [6.45, 7) is 1.34. The molecule has 0 spiro atoms. The van der Waals surface area contributed by atoms with Crippen LogP contribution in [-0.2, 0) is 6.42 Å². The van der Waals surface area contributed by atoms with Crippen LogP contribution in [0.1, 0.15) is 25.3 Å². The molecular weight excluding hydrogens is 363 g/mol. The van der Waals surface area contributed by atoms with Crippen LogP contribution in [0.15, 0.2) is 48.5 Å². The molecule has 3 nitrogen and oxygen atoms in total. The number of thiazole rings is 1. The molecule has 0 bridgehead atoms. The molecule has 1 N–H and O–H groups in total. The van der Waals surface area contributed by atoms with Crippen molar-refractivity contribution >= 4 is 21.6 Å². The van der Waals surface area contributed by atoms with Crippen molar-refractivity contribution in [2.45, 2.75) is 38.0 Å². The second kappa shape index (κ2) is 7.25. The van der Waals surface area contributed by atoms with Gasteiger partial charge in [0.15, 0.2) is 5.60 Å². The van der Waals surface area contributed by atoms with Crippen molar-refractivity contribution in [3.63, 3.8) is 0 Å². The largest absolute Gasteiger partial charge is 0.431 e. The summed E-state index contributed by atoms with van der Waals surface area (Å²) in [4.78, 5) is 4.38. The fraction of sp³-hybridized carbons (Fsp3) is 0.316. The molecule has 7 heteroatoms. The van der Waals surface area contributed by atoms with E-state index in [0.717, 1.165) is 10.2 Å². The first kappa shape index (κ1) is 18.7. The molecule has 0 aliphatic heterocycles. The normalized spacial score (nSPS) is 14.3. The number of fused-ring (bicyclic) bond motifs is 1. The number of halogens is 3. The lowest BCUT2D eigenvalue weighted by molar-refractivity contribution is -0.263. The Morgan fingerprint density at radius 3 is 2.38 bits per heavy atom. The van der Waals surface area contributed by atoms with Crippen molar-refractivity contribution in [2.24, 2.45) is 0 Å². The summed E-state index contributed by atoms with van der Waals surface area (Å²) in [7, 11) is 0. The van der Waals surface area contributed by atoms with Crippen LogP contribution >= 0.6 is 11.3 Å². The Kier molecular flexibility index (Phi) is 5.20. The minimum absolute atomic E-state index is 0.130. The second-order valence-electron chi connectivity index (χ2n) is 6.08. The van der Waals surface area contributed by atoms with Crippen LogP contribution in [-0.4, -0.2) is 21.9 Å². The first-order chi connectivity index (χ1) is 12.3. The third-order valence-corrected chi connectivity index (χ3v) is 5.26. The number of ether oxygens (including phenoxy) is 1. The van der Waals surface area contributed by atoms with Crippen molar-refractivity contribution in [2.75, 3.05) is 0 Å². The minimum Gasteiger partial charge on any atom is -0.431 e. The number of hydrogen-bond donors (Lipinski definition) is 1. The Hall–Kier alpha value is -2.12. The topological polar surface area (TPSA) is 42.4 Å². The third-order valence-electron chi connectivity index (χ3n) is 4.34. The number of hydrogen-bond acceptors (Lipinski definition) is 4. The predicted octanol–water partition coefficient (Wildman–Crippen LogP) is 5.72. The van der Waals surface area contributed by atoms with E-state index in [-0.39, 0.29) is 19.3 Å². The van der Waals surface area contributed by atoms with Crippen molar-refractivity contribution in [3.05, 3.63) is 54.1 Å². The summed E-state index contributed by atoms with van der Waals surface area (Å²) in [5.41, 5.74) is -1.09. The highest BCUT2D eigenvalue weighted by molar-refractivity contribution is 7.20. The van der Waals surface area contributed by atoms with Gasteiger partial charge in [-0.25, -0.2) is 4.98 Å². The van der Waals surface area contributed by atoms with Gasteiger partial charge in [-0.15, -0.1) is 0 Å². The van der Waals surface area contributed by atoms with E-state index >= 15 is 0 Å². The fourth-order valence-corrected chi connectivity index (χ4v) is 3.42. The number of benzene rings is 2. The number of nitrogens with zero attached hydrogens (tertiary/aromatic N) is 1. The third kappa shape index (κ3) is 3.99. The van der Waals surface area contributed by atoms with Crippen LogP contribution in [0.5, 0.6) is 10.9 Å². The molecule has 0 fully saturated rings. The van der Waals surface area contributed by atoms with Gasteiger partial charge in [0.25, 0.3) is 5.19 Å². The summed E-state index contributed by atoms with van der Waals surface area (Å²) in [5.74, 6) is 0.564. The molecule has 3 aromatic rings. The molecule has 138 valence electrons. The van der Waals surface area contributed by atoms with Gasteiger partial charge in [0.1, 0.15) is 5.75 Å². The van der Waals surface area contributed by atoms with Crippen molar-refractivity contribution in [3.8, 4) is 10.9 Å². The van der Waals surface area contributed by atoms with Crippen LogP contribution in [0.4, 0.5) is 13.2 Å². The smallest absolute Gasteiger partial charge is 0.417 e. The molecule has 0 radical (unpaired) electrons. The molecular formula is C19H18F3NO2S. The van der Waals surface area contributed by atoms with Crippen LogP contribution in [0.25, 0.3) is 10.2 Å². The van der Waals surface area contributed by atoms with Gasteiger partial charge < -0.3 is 9.84 Å². The molecule has 1 aromatic heterocycles. The highest BCUT2D eigenvalue weighted by atomic mass is 32.1. The maximum Gasteiger partial charge on any atom is 0.417 e. The zero-order chi connectivity index (χ0) is 18.8. The maximum atomic E-state index is 12.9. The lowest BCUT2D eigenvalue weighted by atomic mass is 9.92. The van der Waals surface area contributed by atoms with Gasteiger partial charge in [-0.2, -0.15) is 13.2 Å². The molecule has 1 heterocycles. The molecule has 26 heavy (non-hydrogen) atoms. The fourth-order valence-electron chi connectivity index (χ4n) is 2.59. The maximum absolute atomic E-state index is 12.9. The van der Waals surface area contributed by atoms with E-state index in [1.807, 2.05) is 24.3 Å². The predicted molar refractivity (Wildman–Crippen MR) is 95.8 cm³/mol. The van der Waals surface area contributed by atoms with Gasteiger partial charge in [-0.05, 0) is 49.1 Å². The van der Waals surface area contributed by atoms with E-state index in [4.69, 9.17) is 4.74 Å². The molecule has 0 amide bonds. The van der Waals surface area contributed by atoms with Gasteiger partial charge in [-0.1, -0.05) is 42.5 Å². The second-order valence-corrected chi connectivity index (χ2v) is 7.07. The lowest BCUT2D eigenvalue weighted by Crippen LogP contribution is -2.44. The molecule has 0 saturated heterocycles. The highest BCUT2D eigenvalue weighted by Crippen LogP contribution is 2.37. The molecule has 0 saturated carbocycles. The Bertz CT molecular complexity index is 843. The number of rotatable bonds is 6. The molecule has 3 rings (SSSR count). The van der Waals surface area contributed by atoms with Gasteiger partial charge in [-0.3, -0.25) is 0 Å². The monoisotopic (exact) mass is 381 g/mol. The van der Waals surface area contributed by atoms with Gasteiger partial charge in [0, 0.05) is 0 Å². The number of aryl methyl sites for hydroxylation is 1. The molecule has 1 atom stereocenters. The molecule has 2 aromatic carbocycles. The standard InChI is InChI=1S/C19H18F3NO2S/c1-2-18(24,19(20,21)22)12-11-13-7-9-14(10-8-13)25-17-23-15-5-3-4-6-16(15)26-17/h3-10,24H,2,11-12H2,1H3. The van der Waals surface area contributed by atoms with E-state index in [1.165, 1.54) is 18.3 Å². The number of aliphatic hydroxyl groups is 1. The van der Waals surface area contributed by atoms with Crippen molar-refractivity contribution < 1.29 is 23.0 Å². The van der Waals surface area contributed by atoms with Crippen LogP contribution in [0, 0.1) is 0 Å². The highest BCUT2D eigenvalue weighted by Gasteiger charge is 2.51. The Balaban J connectivity index is 1.65. The number of aromatic nitrogens is 1. The number of alkyl halides is 3. The quantitative estimate of drug-likeness (QED) is 0.593. The first-order valence-electron chi connectivity index (χ1n) is 8.22. The van der Waals surface area contributed by atoms with E-state index in [1.54, 1.807) is 24.3 Å². The molecule has 0 aliphatic carbocycles. The first-order valence-corrected chi connectivity index (χ1v) is 9.04. The van der Waals surface area contributed by atoms with Crippen LogP contribution in [0.2, 0.25) is 0 Å². The average Bonchev–Trinajstić information content (AvgIpc) is 3.02. The van der Waals surface area contributed by atoms with Crippen molar-refractivity contribution in [1.29, 1.82) is 0 Å².